The maximum absolute atomic E-state index is 12.1. The summed E-state index contributed by atoms with van der Waals surface area (Å²) in [5.41, 5.74) is 1.23. The van der Waals surface area contributed by atoms with Crippen LogP contribution in [0.5, 0.6) is 0 Å². The zero-order valence-corrected chi connectivity index (χ0v) is 12.6. The Labute approximate surface area is 113 Å². The molecule has 2 N–H and O–H groups in total. The third kappa shape index (κ3) is 4.42. The summed E-state index contributed by atoms with van der Waals surface area (Å²) in [4.78, 5) is 13.9. The quantitative estimate of drug-likeness (QED) is 0.883. The van der Waals surface area contributed by atoms with Crippen molar-refractivity contribution in [3.8, 4) is 0 Å². The van der Waals surface area contributed by atoms with Crippen LogP contribution in [0.3, 0.4) is 0 Å². The van der Waals surface area contributed by atoms with E-state index in [9.17, 15) is 9.90 Å². The van der Waals surface area contributed by atoms with Crippen LogP contribution in [-0.4, -0.2) is 23.7 Å². The van der Waals surface area contributed by atoms with Crippen molar-refractivity contribution < 1.29 is 9.90 Å². The third-order valence-corrected chi connectivity index (χ3v) is 3.96. The van der Waals surface area contributed by atoms with Crippen molar-refractivity contribution in [2.75, 3.05) is 6.61 Å². The SMILES string of the molecule is Cc1cc(C(=O)NC(CO)CC(C)(C)C)sc1C. The predicted molar refractivity (Wildman–Crippen MR) is 76.2 cm³/mol. The Hall–Kier alpha value is -0.870. The first-order valence-corrected chi connectivity index (χ1v) is 7.03. The highest BCUT2D eigenvalue weighted by Crippen LogP contribution is 2.23. The summed E-state index contributed by atoms with van der Waals surface area (Å²) in [7, 11) is 0. The van der Waals surface area contributed by atoms with Gasteiger partial charge in [0, 0.05) is 4.88 Å². The molecule has 1 unspecified atom stereocenters. The number of rotatable bonds is 4. The number of hydrogen-bond acceptors (Lipinski definition) is 3. The molecule has 1 atom stereocenters. The van der Waals surface area contributed by atoms with Gasteiger partial charge in [-0.3, -0.25) is 4.79 Å². The van der Waals surface area contributed by atoms with Crippen molar-refractivity contribution in [1.29, 1.82) is 0 Å². The Balaban J connectivity index is 2.68. The first-order valence-electron chi connectivity index (χ1n) is 6.21. The molecule has 1 aromatic rings. The predicted octanol–water partition coefficient (Wildman–Crippen LogP) is 2.89. The van der Waals surface area contributed by atoms with E-state index in [4.69, 9.17) is 0 Å². The van der Waals surface area contributed by atoms with Crippen LogP contribution in [0, 0.1) is 19.3 Å². The summed E-state index contributed by atoms with van der Waals surface area (Å²) in [6, 6.07) is 1.72. The zero-order valence-electron chi connectivity index (χ0n) is 11.8. The minimum absolute atomic E-state index is 0.0215. The van der Waals surface area contributed by atoms with Gasteiger partial charge in [-0.05, 0) is 37.3 Å². The minimum atomic E-state index is -0.180. The molecule has 1 rings (SSSR count). The highest BCUT2D eigenvalue weighted by molar-refractivity contribution is 7.14. The molecule has 0 fully saturated rings. The molecular weight excluding hydrogens is 246 g/mol. The van der Waals surface area contributed by atoms with Crippen molar-refractivity contribution in [3.63, 3.8) is 0 Å². The summed E-state index contributed by atoms with van der Waals surface area (Å²) in [5.74, 6) is -0.0838. The van der Waals surface area contributed by atoms with Crippen LogP contribution in [-0.2, 0) is 0 Å². The van der Waals surface area contributed by atoms with E-state index in [-0.39, 0.29) is 24.0 Å². The number of hydrogen-bond donors (Lipinski definition) is 2. The van der Waals surface area contributed by atoms with E-state index in [1.807, 2.05) is 19.9 Å². The van der Waals surface area contributed by atoms with Gasteiger partial charge in [0.2, 0.25) is 0 Å². The van der Waals surface area contributed by atoms with Crippen LogP contribution in [0.25, 0.3) is 0 Å². The van der Waals surface area contributed by atoms with Gasteiger partial charge < -0.3 is 10.4 Å². The largest absolute Gasteiger partial charge is 0.394 e. The van der Waals surface area contributed by atoms with E-state index in [1.165, 1.54) is 11.3 Å². The Morgan fingerprint density at radius 2 is 2.06 bits per heavy atom. The molecule has 0 bridgehead atoms. The maximum atomic E-state index is 12.1. The summed E-state index contributed by atoms with van der Waals surface area (Å²) in [5, 5.41) is 12.2. The standard InChI is InChI=1S/C14H23NO2S/c1-9-6-12(18-10(9)2)13(17)15-11(8-16)7-14(3,4)5/h6,11,16H,7-8H2,1-5H3,(H,15,17). The zero-order chi connectivity index (χ0) is 13.9. The summed E-state index contributed by atoms with van der Waals surface area (Å²) < 4.78 is 0. The van der Waals surface area contributed by atoms with Gasteiger partial charge in [-0.2, -0.15) is 0 Å². The van der Waals surface area contributed by atoms with Crippen LogP contribution in [0.2, 0.25) is 0 Å². The lowest BCUT2D eigenvalue weighted by Crippen LogP contribution is -2.39. The fraction of sp³-hybridized carbons (Fsp3) is 0.643. The van der Waals surface area contributed by atoms with Gasteiger partial charge in [0.05, 0.1) is 17.5 Å². The van der Waals surface area contributed by atoms with Crippen molar-refractivity contribution in [1.82, 2.24) is 5.32 Å². The lowest BCUT2D eigenvalue weighted by molar-refractivity contribution is 0.0902. The van der Waals surface area contributed by atoms with Crippen molar-refractivity contribution in [2.24, 2.45) is 5.41 Å². The molecule has 1 aromatic heterocycles. The number of nitrogens with one attached hydrogen (secondary N) is 1. The molecule has 0 aliphatic carbocycles. The number of thiophene rings is 1. The second kappa shape index (κ2) is 5.85. The average Bonchev–Trinajstić information content (AvgIpc) is 2.56. The molecule has 0 radical (unpaired) electrons. The number of aliphatic hydroxyl groups excluding tert-OH is 1. The second-order valence-corrected chi connectivity index (χ2v) is 7.22. The topological polar surface area (TPSA) is 49.3 Å². The van der Waals surface area contributed by atoms with E-state index in [0.717, 1.165) is 21.7 Å². The fourth-order valence-corrected chi connectivity index (χ4v) is 2.78. The molecule has 0 aromatic carbocycles. The monoisotopic (exact) mass is 269 g/mol. The molecular formula is C14H23NO2S. The van der Waals surface area contributed by atoms with Crippen molar-refractivity contribution in [3.05, 3.63) is 21.4 Å². The molecule has 0 saturated carbocycles. The first kappa shape index (κ1) is 15.2. The van der Waals surface area contributed by atoms with Crippen LogP contribution < -0.4 is 5.32 Å². The van der Waals surface area contributed by atoms with Gasteiger partial charge in [-0.1, -0.05) is 20.8 Å². The van der Waals surface area contributed by atoms with Gasteiger partial charge in [-0.15, -0.1) is 11.3 Å². The molecule has 0 spiro atoms. The first-order chi connectivity index (χ1) is 8.23. The van der Waals surface area contributed by atoms with E-state index in [2.05, 4.69) is 26.1 Å². The van der Waals surface area contributed by atoms with E-state index in [1.54, 1.807) is 0 Å². The fourth-order valence-electron chi connectivity index (χ4n) is 1.84. The summed E-state index contributed by atoms with van der Waals surface area (Å²) in [6.07, 6.45) is 0.762. The molecule has 1 heterocycles. The second-order valence-electron chi connectivity index (χ2n) is 5.97. The van der Waals surface area contributed by atoms with Crippen LogP contribution in [0.4, 0.5) is 0 Å². The summed E-state index contributed by atoms with van der Waals surface area (Å²) >= 11 is 1.50. The molecule has 3 nitrogen and oxygen atoms in total. The normalized spacial score (nSPS) is 13.4. The Bertz CT molecular complexity index is 398. The molecule has 1 amide bonds. The molecule has 18 heavy (non-hydrogen) atoms. The van der Waals surface area contributed by atoms with Crippen molar-refractivity contribution >= 4 is 17.2 Å². The Kier molecular flexibility index (Phi) is 4.93. The number of carbonyl (C=O) groups is 1. The number of aliphatic hydroxyl groups is 1. The van der Waals surface area contributed by atoms with E-state index in [0.29, 0.717) is 0 Å². The third-order valence-electron chi connectivity index (χ3n) is 2.80. The van der Waals surface area contributed by atoms with Gasteiger partial charge in [-0.25, -0.2) is 0 Å². The molecule has 0 aliphatic rings. The minimum Gasteiger partial charge on any atom is -0.394 e. The molecule has 0 aliphatic heterocycles. The van der Waals surface area contributed by atoms with Crippen LogP contribution in [0.1, 0.15) is 47.3 Å². The van der Waals surface area contributed by atoms with E-state index < -0.39 is 0 Å². The van der Waals surface area contributed by atoms with Crippen molar-refractivity contribution in [2.45, 2.75) is 47.1 Å². The highest BCUT2D eigenvalue weighted by Gasteiger charge is 2.21. The number of amides is 1. The van der Waals surface area contributed by atoms with E-state index >= 15 is 0 Å². The van der Waals surface area contributed by atoms with Crippen LogP contribution >= 0.6 is 11.3 Å². The molecule has 0 saturated heterocycles. The average molecular weight is 269 g/mol. The molecule has 4 heteroatoms. The van der Waals surface area contributed by atoms with Gasteiger partial charge in [0.25, 0.3) is 5.91 Å². The maximum Gasteiger partial charge on any atom is 0.261 e. The van der Waals surface area contributed by atoms with Crippen LogP contribution in [0.15, 0.2) is 6.07 Å². The number of aryl methyl sites for hydroxylation is 2. The van der Waals surface area contributed by atoms with Gasteiger partial charge in [0.1, 0.15) is 0 Å². The Morgan fingerprint density at radius 1 is 1.44 bits per heavy atom. The van der Waals surface area contributed by atoms with Gasteiger partial charge in [0.15, 0.2) is 0 Å². The lowest BCUT2D eigenvalue weighted by Gasteiger charge is -2.25. The molecule has 102 valence electrons. The Morgan fingerprint density at radius 3 is 2.44 bits per heavy atom. The highest BCUT2D eigenvalue weighted by atomic mass is 32.1. The number of carbonyl (C=O) groups excluding carboxylic acids is 1. The summed E-state index contributed by atoms with van der Waals surface area (Å²) in [6.45, 7) is 10.3. The smallest absolute Gasteiger partial charge is 0.261 e. The van der Waals surface area contributed by atoms with Gasteiger partial charge >= 0.3 is 0 Å². The lowest BCUT2D eigenvalue weighted by atomic mass is 9.88.